The SMILES string of the molecule is CCNC(=NCc1ccc(OC)c(OC2CCCC2)c1)NCCCn1nc(C)cc1C. The first-order valence-electron chi connectivity index (χ1n) is 11.5. The van der Waals surface area contributed by atoms with Gasteiger partial charge in [-0.15, -0.1) is 0 Å². The zero-order valence-corrected chi connectivity index (χ0v) is 19.4. The summed E-state index contributed by atoms with van der Waals surface area (Å²) in [7, 11) is 1.69. The van der Waals surface area contributed by atoms with Crippen LogP contribution < -0.4 is 20.1 Å². The van der Waals surface area contributed by atoms with Crippen LogP contribution in [0.2, 0.25) is 0 Å². The van der Waals surface area contributed by atoms with Crippen molar-refractivity contribution in [3.05, 3.63) is 41.2 Å². The van der Waals surface area contributed by atoms with Gasteiger partial charge in [0.15, 0.2) is 17.5 Å². The minimum absolute atomic E-state index is 0.300. The van der Waals surface area contributed by atoms with E-state index in [0.717, 1.165) is 67.6 Å². The summed E-state index contributed by atoms with van der Waals surface area (Å²) in [6, 6.07) is 8.20. The van der Waals surface area contributed by atoms with E-state index >= 15 is 0 Å². The van der Waals surface area contributed by atoms with Crippen LogP contribution in [0, 0.1) is 13.8 Å². The van der Waals surface area contributed by atoms with Crippen LogP contribution in [-0.2, 0) is 13.1 Å². The molecular weight excluding hydrogens is 390 g/mol. The molecule has 1 aromatic carbocycles. The number of aromatic nitrogens is 2. The lowest BCUT2D eigenvalue weighted by Gasteiger charge is -2.17. The average Bonchev–Trinajstić information content (AvgIpc) is 3.38. The van der Waals surface area contributed by atoms with Gasteiger partial charge in [-0.3, -0.25) is 4.68 Å². The molecule has 2 N–H and O–H groups in total. The largest absolute Gasteiger partial charge is 0.493 e. The molecule has 0 bridgehead atoms. The molecule has 1 fully saturated rings. The molecule has 1 heterocycles. The Kier molecular flexibility index (Phi) is 8.62. The number of methoxy groups -OCH3 is 1. The lowest BCUT2D eigenvalue weighted by Crippen LogP contribution is -2.38. The second-order valence-electron chi connectivity index (χ2n) is 8.14. The normalized spacial score (nSPS) is 14.6. The Morgan fingerprint density at radius 2 is 1.97 bits per heavy atom. The maximum Gasteiger partial charge on any atom is 0.191 e. The van der Waals surface area contributed by atoms with Gasteiger partial charge >= 0.3 is 0 Å². The summed E-state index contributed by atoms with van der Waals surface area (Å²) in [5.41, 5.74) is 3.37. The standard InChI is InChI=1S/C24H37N5O2/c1-5-25-24(26-13-8-14-29-19(3)15-18(2)28-29)27-17-20-11-12-22(30-4)23(16-20)31-21-9-6-7-10-21/h11-12,15-16,21H,5-10,13-14,17H2,1-4H3,(H2,25,26,27). The van der Waals surface area contributed by atoms with Gasteiger partial charge in [-0.1, -0.05) is 6.07 Å². The van der Waals surface area contributed by atoms with E-state index < -0.39 is 0 Å². The number of aryl methyl sites for hydroxylation is 3. The molecule has 31 heavy (non-hydrogen) atoms. The highest BCUT2D eigenvalue weighted by Gasteiger charge is 2.18. The highest BCUT2D eigenvalue weighted by molar-refractivity contribution is 5.79. The van der Waals surface area contributed by atoms with Crippen molar-refractivity contribution in [2.45, 2.75) is 72.1 Å². The topological polar surface area (TPSA) is 72.7 Å². The number of guanidine groups is 1. The number of benzene rings is 1. The highest BCUT2D eigenvalue weighted by atomic mass is 16.5. The van der Waals surface area contributed by atoms with E-state index in [2.05, 4.69) is 52.5 Å². The number of nitrogens with one attached hydrogen (secondary N) is 2. The van der Waals surface area contributed by atoms with Crippen molar-refractivity contribution in [2.75, 3.05) is 20.2 Å². The second kappa shape index (κ2) is 11.6. The predicted molar refractivity (Wildman–Crippen MR) is 125 cm³/mol. The molecule has 0 unspecified atom stereocenters. The number of hydrogen-bond acceptors (Lipinski definition) is 4. The molecule has 0 atom stereocenters. The third kappa shape index (κ3) is 6.91. The van der Waals surface area contributed by atoms with Crippen molar-refractivity contribution in [1.82, 2.24) is 20.4 Å². The van der Waals surface area contributed by atoms with Gasteiger partial charge in [0.25, 0.3) is 0 Å². The fourth-order valence-corrected chi connectivity index (χ4v) is 3.95. The molecule has 1 aliphatic rings. The molecule has 1 aliphatic carbocycles. The summed E-state index contributed by atoms with van der Waals surface area (Å²) in [6.45, 7) is 9.34. The van der Waals surface area contributed by atoms with Gasteiger partial charge < -0.3 is 20.1 Å². The molecule has 0 amide bonds. The predicted octanol–water partition coefficient (Wildman–Crippen LogP) is 3.98. The molecule has 7 nitrogen and oxygen atoms in total. The lowest BCUT2D eigenvalue weighted by atomic mass is 10.2. The Bertz CT molecular complexity index is 856. The molecule has 2 aromatic rings. The van der Waals surface area contributed by atoms with Crippen LogP contribution in [-0.4, -0.2) is 42.0 Å². The smallest absolute Gasteiger partial charge is 0.191 e. The van der Waals surface area contributed by atoms with Crippen molar-refractivity contribution < 1.29 is 9.47 Å². The molecule has 0 aliphatic heterocycles. The Hall–Kier alpha value is -2.70. The second-order valence-corrected chi connectivity index (χ2v) is 8.14. The molecule has 170 valence electrons. The number of aliphatic imine (C=N–C) groups is 1. The van der Waals surface area contributed by atoms with E-state index in [1.807, 2.05) is 13.0 Å². The van der Waals surface area contributed by atoms with Crippen LogP contribution in [0.5, 0.6) is 11.5 Å². The fraction of sp³-hybridized carbons (Fsp3) is 0.583. The van der Waals surface area contributed by atoms with E-state index in [0.29, 0.717) is 12.6 Å². The van der Waals surface area contributed by atoms with Gasteiger partial charge in [-0.05, 0) is 76.6 Å². The van der Waals surface area contributed by atoms with Gasteiger partial charge in [-0.25, -0.2) is 4.99 Å². The summed E-state index contributed by atoms with van der Waals surface area (Å²) in [5.74, 6) is 2.43. The molecule has 7 heteroatoms. The first-order valence-corrected chi connectivity index (χ1v) is 11.5. The van der Waals surface area contributed by atoms with Gasteiger partial charge in [-0.2, -0.15) is 5.10 Å². The first-order chi connectivity index (χ1) is 15.1. The summed E-state index contributed by atoms with van der Waals surface area (Å²) < 4.78 is 13.8. The van der Waals surface area contributed by atoms with Crippen LogP contribution in [0.1, 0.15) is 56.0 Å². The molecule has 3 rings (SSSR count). The lowest BCUT2D eigenvalue weighted by molar-refractivity contribution is 0.200. The summed E-state index contributed by atoms with van der Waals surface area (Å²) >= 11 is 0. The number of ether oxygens (including phenoxy) is 2. The van der Waals surface area contributed by atoms with E-state index in [9.17, 15) is 0 Å². The van der Waals surface area contributed by atoms with Gasteiger partial charge in [0.05, 0.1) is 25.5 Å². The average molecular weight is 428 g/mol. The van der Waals surface area contributed by atoms with Crippen molar-refractivity contribution >= 4 is 5.96 Å². The van der Waals surface area contributed by atoms with E-state index in [-0.39, 0.29) is 0 Å². The number of nitrogens with zero attached hydrogens (tertiary/aromatic N) is 3. The molecule has 1 aromatic heterocycles. The van der Waals surface area contributed by atoms with Gasteiger partial charge in [0.1, 0.15) is 0 Å². The quantitative estimate of drug-likeness (QED) is 0.341. The van der Waals surface area contributed by atoms with Crippen molar-refractivity contribution in [3.8, 4) is 11.5 Å². The number of hydrogen-bond donors (Lipinski definition) is 2. The molecule has 0 saturated heterocycles. The zero-order valence-electron chi connectivity index (χ0n) is 19.4. The third-order valence-electron chi connectivity index (χ3n) is 5.53. The minimum Gasteiger partial charge on any atom is -0.493 e. The van der Waals surface area contributed by atoms with Crippen LogP contribution in [0.25, 0.3) is 0 Å². The summed E-state index contributed by atoms with van der Waals surface area (Å²) in [4.78, 5) is 4.75. The van der Waals surface area contributed by atoms with E-state index in [1.165, 1.54) is 18.5 Å². The monoisotopic (exact) mass is 427 g/mol. The van der Waals surface area contributed by atoms with Crippen LogP contribution in [0.15, 0.2) is 29.3 Å². The van der Waals surface area contributed by atoms with Crippen molar-refractivity contribution in [2.24, 2.45) is 4.99 Å². The van der Waals surface area contributed by atoms with Gasteiger partial charge in [0.2, 0.25) is 0 Å². The van der Waals surface area contributed by atoms with E-state index in [1.54, 1.807) is 7.11 Å². The number of rotatable bonds is 10. The summed E-state index contributed by atoms with van der Waals surface area (Å²) in [6.07, 6.45) is 6.01. The van der Waals surface area contributed by atoms with Crippen LogP contribution in [0.3, 0.4) is 0 Å². The molecular formula is C24H37N5O2. The third-order valence-corrected chi connectivity index (χ3v) is 5.53. The van der Waals surface area contributed by atoms with Gasteiger partial charge in [0, 0.05) is 25.3 Å². The molecule has 0 radical (unpaired) electrons. The summed E-state index contributed by atoms with van der Waals surface area (Å²) in [5, 5.41) is 11.3. The van der Waals surface area contributed by atoms with Crippen LogP contribution >= 0.6 is 0 Å². The maximum absolute atomic E-state index is 6.21. The zero-order chi connectivity index (χ0) is 22.1. The fourth-order valence-electron chi connectivity index (χ4n) is 3.95. The maximum atomic E-state index is 6.21. The Labute approximate surface area is 186 Å². The first kappa shape index (κ1) is 23.0. The van der Waals surface area contributed by atoms with E-state index in [4.69, 9.17) is 14.5 Å². The molecule has 0 spiro atoms. The highest BCUT2D eigenvalue weighted by Crippen LogP contribution is 2.32. The van der Waals surface area contributed by atoms with Crippen molar-refractivity contribution in [1.29, 1.82) is 0 Å². The Morgan fingerprint density at radius 1 is 1.16 bits per heavy atom. The van der Waals surface area contributed by atoms with Crippen molar-refractivity contribution in [3.63, 3.8) is 0 Å². The molecule has 1 saturated carbocycles. The Morgan fingerprint density at radius 3 is 2.65 bits per heavy atom. The Balaban J connectivity index is 1.55. The minimum atomic E-state index is 0.300. The van der Waals surface area contributed by atoms with Crippen LogP contribution in [0.4, 0.5) is 0 Å².